The van der Waals surface area contributed by atoms with Gasteiger partial charge in [0.2, 0.25) is 11.8 Å². The highest BCUT2D eigenvalue weighted by molar-refractivity contribution is 6.31. The number of aryl methyl sites for hydroxylation is 1. The van der Waals surface area contributed by atoms with Crippen LogP contribution in [0.3, 0.4) is 0 Å². The molecule has 6 rings (SSSR count). The van der Waals surface area contributed by atoms with Gasteiger partial charge in [-0.05, 0) is 42.0 Å². The van der Waals surface area contributed by atoms with Gasteiger partial charge in [-0.1, -0.05) is 41.9 Å². The molecular formula is C22H14ClN3O2. The van der Waals surface area contributed by atoms with Crippen molar-refractivity contribution in [3.63, 3.8) is 0 Å². The number of hydrogen-bond donors (Lipinski definition) is 2. The maximum Gasteiger partial charge on any atom is 0.244 e. The van der Waals surface area contributed by atoms with Crippen LogP contribution in [-0.4, -0.2) is 16.1 Å². The number of nitrogens with one attached hydrogen (secondary N) is 2. The molecule has 6 heteroatoms. The van der Waals surface area contributed by atoms with Crippen LogP contribution in [0.2, 0.25) is 5.02 Å². The van der Waals surface area contributed by atoms with Crippen LogP contribution in [0.15, 0.2) is 54.6 Å². The Morgan fingerprint density at radius 1 is 1.07 bits per heavy atom. The third kappa shape index (κ3) is 1.72. The number of aromatic amines is 1. The molecule has 0 saturated carbocycles. The molecule has 0 radical (unpaired) electrons. The molecule has 28 heavy (non-hydrogen) atoms. The summed E-state index contributed by atoms with van der Waals surface area (Å²) in [4.78, 5) is 13.7. The van der Waals surface area contributed by atoms with E-state index in [4.69, 9.17) is 16.3 Å². The minimum Gasteiger partial charge on any atom is -0.437 e. The summed E-state index contributed by atoms with van der Waals surface area (Å²) >= 11 is 6.37. The fraction of sp³-hybridized carbons (Fsp3) is 0.0909. The van der Waals surface area contributed by atoms with E-state index in [1.54, 1.807) is 6.07 Å². The van der Waals surface area contributed by atoms with Gasteiger partial charge in [-0.25, -0.2) is 0 Å². The van der Waals surface area contributed by atoms with Crippen LogP contribution in [0.4, 0.5) is 5.69 Å². The highest BCUT2D eigenvalue weighted by atomic mass is 35.5. The molecule has 0 aliphatic carbocycles. The monoisotopic (exact) mass is 387 g/mol. The Morgan fingerprint density at radius 3 is 2.82 bits per heavy atom. The number of halogens is 1. The largest absolute Gasteiger partial charge is 0.437 e. The number of nitrogens with zero attached hydrogens (tertiary/aromatic N) is 1. The first kappa shape index (κ1) is 15.7. The summed E-state index contributed by atoms with van der Waals surface area (Å²) in [5.41, 5.74) is 2.83. The smallest absolute Gasteiger partial charge is 0.244 e. The van der Waals surface area contributed by atoms with Crippen LogP contribution in [-0.2, 0) is 10.2 Å². The third-order valence-corrected chi connectivity index (χ3v) is 5.97. The molecule has 0 fully saturated rings. The van der Waals surface area contributed by atoms with Crippen molar-refractivity contribution in [1.82, 2.24) is 10.2 Å². The molecule has 1 spiro atoms. The zero-order chi connectivity index (χ0) is 19.0. The average Bonchev–Trinajstić information content (AvgIpc) is 3.20. The van der Waals surface area contributed by atoms with Gasteiger partial charge < -0.3 is 10.1 Å². The van der Waals surface area contributed by atoms with Gasteiger partial charge in [0.05, 0.1) is 5.56 Å². The molecule has 1 amide bonds. The van der Waals surface area contributed by atoms with Crippen LogP contribution < -0.4 is 10.1 Å². The molecular weight excluding hydrogens is 374 g/mol. The Kier molecular flexibility index (Phi) is 2.89. The zero-order valence-corrected chi connectivity index (χ0v) is 15.6. The normalized spacial score (nSPS) is 19.1. The van der Waals surface area contributed by atoms with E-state index in [0.717, 1.165) is 38.8 Å². The summed E-state index contributed by atoms with van der Waals surface area (Å²) in [6, 6.07) is 17.4. The van der Waals surface area contributed by atoms with E-state index in [1.807, 2.05) is 55.5 Å². The number of H-pyrrole nitrogens is 1. The van der Waals surface area contributed by atoms with Gasteiger partial charge in [0, 0.05) is 27.5 Å². The van der Waals surface area contributed by atoms with Crippen molar-refractivity contribution >= 4 is 34.0 Å². The second kappa shape index (κ2) is 5.14. The summed E-state index contributed by atoms with van der Waals surface area (Å²) in [5, 5.41) is 12.9. The van der Waals surface area contributed by atoms with E-state index in [9.17, 15) is 4.79 Å². The maximum absolute atomic E-state index is 13.7. The summed E-state index contributed by atoms with van der Waals surface area (Å²) in [5.74, 6) is 0.917. The van der Waals surface area contributed by atoms with E-state index in [-0.39, 0.29) is 5.91 Å². The van der Waals surface area contributed by atoms with Crippen LogP contribution in [0, 0.1) is 6.92 Å². The molecule has 3 aromatic carbocycles. The van der Waals surface area contributed by atoms with Gasteiger partial charge in [-0.3, -0.25) is 9.89 Å². The maximum atomic E-state index is 13.7. The van der Waals surface area contributed by atoms with Gasteiger partial charge in [0.15, 0.2) is 0 Å². The summed E-state index contributed by atoms with van der Waals surface area (Å²) in [6.45, 7) is 1.91. The molecule has 2 aliphatic heterocycles. The standard InChI is InChI=1S/C22H14ClN3O2/c1-11-18-20(26-25-11)28-17-9-6-12-4-2-3-5-14(12)19(17)22(18)15-10-13(23)7-8-16(15)24-21(22)27/h2-10H,1H3,(H,24,27)(H,25,26). The van der Waals surface area contributed by atoms with Crippen LogP contribution >= 0.6 is 11.6 Å². The van der Waals surface area contributed by atoms with Gasteiger partial charge >= 0.3 is 0 Å². The second-order valence-corrected chi connectivity index (χ2v) is 7.62. The molecule has 0 saturated heterocycles. The van der Waals surface area contributed by atoms with Crippen molar-refractivity contribution in [3.8, 4) is 11.6 Å². The molecule has 0 bridgehead atoms. The van der Waals surface area contributed by atoms with Crippen molar-refractivity contribution < 1.29 is 9.53 Å². The summed E-state index contributed by atoms with van der Waals surface area (Å²) in [7, 11) is 0. The Bertz CT molecular complexity index is 1330. The molecule has 1 atom stereocenters. The average molecular weight is 388 g/mol. The number of carbonyl (C=O) groups is 1. The van der Waals surface area contributed by atoms with E-state index in [1.165, 1.54) is 0 Å². The SMILES string of the molecule is Cc1[nH]nc2c1C1(C(=O)Nc3ccc(Cl)cc31)c1c(ccc3ccccc13)O2. The number of aromatic nitrogens is 2. The number of anilines is 1. The van der Waals surface area contributed by atoms with Gasteiger partial charge in [-0.15, -0.1) is 5.10 Å². The molecule has 136 valence electrons. The third-order valence-electron chi connectivity index (χ3n) is 5.74. The number of benzene rings is 3. The zero-order valence-electron chi connectivity index (χ0n) is 14.8. The number of fused-ring (bicyclic) bond motifs is 8. The Labute approximate surface area is 165 Å². The number of carbonyl (C=O) groups excluding carboxylic acids is 1. The first-order chi connectivity index (χ1) is 13.6. The van der Waals surface area contributed by atoms with Crippen molar-refractivity contribution in [1.29, 1.82) is 0 Å². The fourth-order valence-electron chi connectivity index (χ4n) is 4.65. The second-order valence-electron chi connectivity index (χ2n) is 7.18. The van der Waals surface area contributed by atoms with Crippen molar-refractivity contribution in [3.05, 3.63) is 82.0 Å². The first-order valence-corrected chi connectivity index (χ1v) is 9.35. The molecule has 2 N–H and O–H groups in total. The molecule has 1 unspecified atom stereocenters. The molecule has 5 nitrogen and oxygen atoms in total. The van der Waals surface area contributed by atoms with Crippen molar-refractivity contribution in [2.24, 2.45) is 0 Å². The molecule has 3 heterocycles. The van der Waals surface area contributed by atoms with E-state index < -0.39 is 5.41 Å². The number of ether oxygens (including phenoxy) is 1. The summed E-state index contributed by atoms with van der Waals surface area (Å²) in [6.07, 6.45) is 0. The molecule has 2 aliphatic rings. The quantitative estimate of drug-likeness (QED) is 0.450. The molecule has 4 aromatic rings. The van der Waals surface area contributed by atoms with E-state index in [0.29, 0.717) is 16.7 Å². The molecule has 1 aromatic heterocycles. The highest BCUT2D eigenvalue weighted by Gasteiger charge is 2.57. The predicted molar refractivity (Wildman–Crippen MR) is 107 cm³/mol. The first-order valence-electron chi connectivity index (χ1n) is 8.97. The van der Waals surface area contributed by atoms with Crippen LogP contribution in [0.25, 0.3) is 10.8 Å². The Balaban J connectivity index is 1.86. The Morgan fingerprint density at radius 2 is 1.93 bits per heavy atom. The minimum absolute atomic E-state index is 0.128. The lowest BCUT2D eigenvalue weighted by molar-refractivity contribution is -0.118. The number of amides is 1. The van der Waals surface area contributed by atoms with Gasteiger partial charge in [-0.2, -0.15) is 0 Å². The van der Waals surface area contributed by atoms with Crippen molar-refractivity contribution in [2.75, 3.05) is 5.32 Å². The number of rotatable bonds is 0. The van der Waals surface area contributed by atoms with E-state index >= 15 is 0 Å². The van der Waals surface area contributed by atoms with Crippen molar-refractivity contribution in [2.45, 2.75) is 12.3 Å². The van der Waals surface area contributed by atoms with Gasteiger partial charge in [0.1, 0.15) is 11.2 Å². The highest BCUT2D eigenvalue weighted by Crippen LogP contribution is 2.58. The predicted octanol–water partition coefficient (Wildman–Crippen LogP) is 4.92. The lowest BCUT2D eigenvalue weighted by Crippen LogP contribution is -2.40. The minimum atomic E-state index is -1.08. The van der Waals surface area contributed by atoms with E-state index in [2.05, 4.69) is 15.5 Å². The van der Waals surface area contributed by atoms with Crippen LogP contribution in [0.1, 0.15) is 22.4 Å². The van der Waals surface area contributed by atoms with Gasteiger partial charge in [0.25, 0.3) is 0 Å². The topological polar surface area (TPSA) is 67.0 Å². The lowest BCUT2D eigenvalue weighted by Gasteiger charge is -2.35. The fourth-order valence-corrected chi connectivity index (χ4v) is 4.82. The van der Waals surface area contributed by atoms with Crippen LogP contribution in [0.5, 0.6) is 11.6 Å². The Hall–Kier alpha value is -3.31. The summed E-state index contributed by atoms with van der Waals surface area (Å²) < 4.78 is 6.13. The lowest BCUT2D eigenvalue weighted by atomic mass is 9.67. The number of hydrogen-bond acceptors (Lipinski definition) is 3.